The van der Waals surface area contributed by atoms with E-state index in [9.17, 15) is 0 Å². The molecule has 69 heavy (non-hydrogen) atoms. The summed E-state index contributed by atoms with van der Waals surface area (Å²) in [4.78, 5) is 16.3. The second-order valence-corrected chi connectivity index (χ2v) is 18.7. The zero-order chi connectivity index (χ0) is 46.6. The van der Waals surface area contributed by atoms with E-state index in [1.54, 1.807) is 0 Å². The van der Waals surface area contributed by atoms with E-state index in [1.165, 1.54) is 50.2 Å². The van der Waals surface area contributed by atoms with Gasteiger partial charge < -0.3 is 0 Å². The normalized spacial score (nSPS) is 12.5. The monoisotopic (exact) mass is 886 g/mol. The molecule has 0 saturated carbocycles. The lowest BCUT2D eigenvalue weighted by molar-refractivity contribution is 0.660. The van der Waals surface area contributed by atoms with E-state index < -0.39 is 0 Å². The number of hydrogen-bond acceptors (Lipinski definition) is 3. The molecular formula is C65H50N4. The average Bonchev–Trinajstić information content (AvgIpc) is 3.88. The van der Waals surface area contributed by atoms with Gasteiger partial charge in [-0.15, -0.1) is 0 Å². The summed E-state index contributed by atoms with van der Waals surface area (Å²) in [6, 6.07) is 78.4. The second kappa shape index (κ2) is 17.0. The van der Waals surface area contributed by atoms with Gasteiger partial charge in [0.25, 0.3) is 0 Å². The fourth-order valence-corrected chi connectivity index (χ4v) is 10.7. The molecule has 0 bridgehead atoms. The first-order valence-electron chi connectivity index (χ1n) is 24.1. The molecule has 0 N–H and O–H groups in total. The summed E-state index contributed by atoms with van der Waals surface area (Å²) >= 11 is 0. The van der Waals surface area contributed by atoms with Crippen LogP contribution in [0.1, 0.15) is 45.2 Å². The molecule has 0 spiro atoms. The molecule has 0 radical (unpaired) electrons. The van der Waals surface area contributed by atoms with Crippen molar-refractivity contribution in [2.24, 2.45) is 0 Å². The largest absolute Gasteiger partial charge is 0.277 e. The van der Waals surface area contributed by atoms with Crippen molar-refractivity contribution >= 4 is 43.4 Å². The Morgan fingerprint density at radius 3 is 1.39 bits per heavy atom. The molecule has 2 aromatic heterocycles. The maximum atomic E-state index is 5.51. The van der Waals surface area contributed by atoms with Crippen LogP contribution in [0.15, 0.2) is 218 Å². The summed E-state index contributed by atoms with van der Waals surface area (Å²) in [6.45, 7) is 8.93. The molecule has 4 heteroatoms. The van der Waals surface area contributed by atoms with Crippen LogP contribution in [0.5, 0.6) is 0 Å². The smallest absolute Gasteiger partial charge is 0.238 e. The van der Waals surface area contributed by atoms with E-state index in [0.717, 1.165) is 66.3 Å². The average molecular weight is 887 g/mol. The van der Waals surface area contributed by atoms with Crippen LogP contribution < -0.4 is 0 Å². The third-order valence-electron chi connectivity index (χ3n) is 13.9. The third kappa shape index (κ3) is 7.02. The molecule has 0 unspecified atom stereocenters. The summed E-state index contributed by atoms with van der Waals surface area (Å²) in [6.07, 6.45) is 1.25. The standard InChI is InChI=1S/C62H42N4.C3H8/c1-62(2)54-27-14-13-22-49(54)53-38-45(36-37-55(53)62)46-25-15-26-52-56-50-23-11-9-20-47(50)48-21-10-12-24-51(48)58(56)66(57(46)52)61-64-59(43-32-28-41(29-33-43)39-16-5-3-6-17-39)63-60(65-61)44-34-30-42(31-35-44)40-18-7-4-8-19-40;1-3-2/h3-38H,1-2H3;3H2,1-2H3. The minimum Gasteiger partial charge on any atom is -0.277 e. The van der Waals surface area contributed by atoms with Crippen molar-refractivity contribution in [2.45, 2.75) is 39.5 Å². The summed E-state index contributed by atoms with van der Waals surface area (Å²) in [5.74, 6) is 1.78. The van der Waals surface area contributed by atoms with Gasteiger partial charge in [-0.05, 0) is 72.3 Å². The quantitative estimate of drug-likeness (QED) is 0.156. The minimum absolute atomic E-state index is 0.0977. The number of aromatic nitrogens is 4. The third-order valence-corrected chi connectivity index (χ3v) is 13.9. The molecule has 0 saturated heterocycles. The predicted octanol–water partition coefficient (Wildman–Crippen LogP) is 17.3. The zero-order valence-electron chi connectivity index (χ0n) is 39.3. The molecule has 0 aliphatic heterocycles. The molecule has 13 rings (SSSR count). The Morgan fingerprint density at radius 2 is 0.783 bits per heavy atom. The molecule has 0 fully saturated rings. The molecule has 2 heterocycles. The van der Waals surface area contributed by atoms with Crippen LogP contribution in [-0.4, -0.2) is 19.5 Å². The van der Waals surface area contributed by atoms with Crippen molar-refractivity contribution in [1.82, 2.24) is 19.5 Å². The number of benzene rings is 10. The number of rotatable bonds is 6. The lowest BCUT2D eigenvalue weighted by Gasteiger charge is -2.21. The SMILES string of the molecule is CC1(C)c2ccccc2-c2cc(-c3cccc4c5c6ccccc6c6ccccc6c5n(-c5nc(-c6ccc(-c7ccccc7)cc6)nc(-c6ccc(-c7ccccc7)cc6)n5)c34)ccc21.CCC. The van der Waals surface area contributed by atoms with E-state index in [1.807, 2.05) is 12.1 Å². The van der Waals surface area contributed by atoms with Crippen molar-refractivity contribution in [3.63, 3.8) is 0 Å². The van der Waals surface area contributed by atoms with Gasteiger partial charge in [-0.1, -0.05) is 246 Å². The zero-order valence-corrected chi connectivity index (χ0v) is 39.3. The first-order chi connectivity index (χ1) is 33.9. The van der Waals surface area contributed by atoms with Gasteiger partial charge in [0.15, 0.2) is 11.6 Å². The maximum Gasteiger partial charge on any atom is 0.238 e. The van der Waals surface area contributed by atoms with E-state index >= 15 is 0 Å². The molecule has 0 amide bonds. The van der Waals surface area contributed by atoms with Gasteiger partial charge in [0.2, 0.25) is 5.95 Å². The second-order valence-electron chi connectivity index (χ2n) is 18.7. The van der Waals surface area contributed by atoms with Gasteiger partial charge in [-0.2, -0.15) is 9.97 Å². The van der Waals surface area contributed by atoms with Crippen LogP contribution in [0.4, 0.5) is 0 Å². The summed E-state index contributed by atoms with van der Waals surface area (Å²) < 4.78 is 2.34. The van der Waals surface area contributed by atoms with Crippen molar-refractivity contribution < 1.29 is 0 Å². The van der Waals surface area contributed by atoms with Crippen LogP contribution in [-0.2, 0) is 5.41 Å². The number of nitrogens with zero attached hydrogens (tertiary/aromatic N) is 4. The number of para-hydroxylation sites is 1. The lowest BCUT2D eigenvalue weighted by Crippen LogP contribution is -2.14. The Labute approximate surface area is 403 Å². The Kier molecular flexibility index (Phi) is 10.3. The highest BCUT2D eigenvalue weighted by Gasteiger charge is 2.35. The summed E-state index contributed by atoms with van der Waals surface area (Å²) in [7, 11) is 0. The number of fused-ring (bicyclic) bond motifs is 11. The molecule has 0 atom stereocenters. The highest BCUT2D eigenvalue weighted by molar-refractivity contribution is 6.33. The van der Waals surface area contributed by atoms with Crippen molar-refractivity contribution in [2.75, 3.05) is 0 Å². The molecule has 1 aliphatic carbocycles. The molecule has 10 aromatic carbocycles. The number of hydrogen-bond donors (Lipinski definition) is 0. The maximum absolute atomic E-state index is 5.51. The summed E-state index contributed by atoms with van der Waals surface area (Å²) in [5.41, 5.74) is 16.0. The fraction of sp³-hybridized carbons (Fsp3) is 0.0923. The Hall–Kier alpha value is -8.47. The van der Waals surface area contributed by atoms with E-state index in [2.05, 4.69) is 239 Å². The van der Waals surface area contributed by atoms with E-state index in [4.69, 9.17) is 15.0 Å². The fourth-order valence-electron chi connectivity index (χ4n) is 10.7. The van der Waals surface area contributed by atoms with E-state index in [-0.39, 0.29) is 5.41 Å². The Bertz CT molecular complexity index is 3780. The molecular weight excluding hydrogens is 837 g/mol. The predicted molar refractivity (Wildman–Crippen MR) is 290 cm³/mol. The van der Waals surface area contributed by atoms with Gasteiger partial charge in [-0.3, -0.25) is 4.57 Å². The van der Waals surface area contributed by atoms with E-state index in [0.29, 0.717) is 17.6 Å². The topological polar surface area (TPSA) is 43.6 Å². The van der Waals surface area contributed by atoms with Crippen LogP contribution >= 0.6 is 0 Å². The first kappa shape index (κ1) is 41.9. The first-order valence-corrected chi connectivity index (χ1v) is 24.1. The molecule has 12 aromatic rings. The van der Waals surface area contributed by atoms with Gasteiger partial charge in [-0.25, -0.2) is 4.98 Å². The van der Waals surface area contributed by atoms with Crippen LogP contribution in [0.2, 0.25) is 0 Å². The van der Waals surface area contributed by atoms with Crippen LogP contribution in [0, 0.1) is 0 Å². The molecule has 4 nitrogen and oxygen atoms in total. The van der Waals surface area contributed by atoms with Crippen LogP contribution in [0.25, 0.3) is 117 Å². The van der Waals surface area contributed by atoms with Crippen molar-refractivity contribution in [1.29, 1.82) is 0 Å². The molecule has 1 aliphatic rings. The minimum atomic E-state index is -0.0977. The Morgan fingerprint density at radius 1 is 0.348 bits per heavy atom. The highest BCUT2D eigenvalue weighted by atomic mass is 15.2. The van der Waals surface area contributed by atoms with Gasteiger partial charge in [0, 0.05) is 38.3 Å². The van der Waals surface area contributed by atoms with Crippen LogP contribution in [0.3, 0.4) is 0 Å². The van der Waals surface area contributed by atoms with Gasteiger partial charge in [0.05, 0.1) is 11.0 Å². The van der Waals surface area contributed by atoms with Gasteiger partial charge >= 0.3 is 0 Å². The lowest BCUT2D eigenvalue weighted by atomic mass is 9.82. The van der Waals surface area contributed by atoms with Crippen molar-refractivity contribution in [3.05, 3.63) is 230 Å². The Balaban J connectivity index is 0.00000160. The van der Waals surface area contributed by atoms with Gasteiger partial charge in [0.1, 0.15) is 0 Å². The van der Waals surface area contributed by atoms with Crippen molar-refractivity contribution in [3.8, 4) is 73.2 Å². The molecule has 330 valence electrons. The highest BCUT2D eigenvalue weighted by Crippen LogP contribution is 2.51. The summed E-state index contributed by atoms with van der Waals surface area (Å²) in [5, 5.41) is 7.06.